The highest BCUT2D eigenvalue weighted by Gasteiger charge is 2.15. The van der Waals surface area contributed by atoms with Gasteiger partial charge in [0.1, 0.15) is 0 Å². The number of thioether (sulfide) groups is 1. The Hall–Kier alpha value is -0.550. The maximum absolute atomic E-state index is 9.81. The summed E-state index contributed by atoms with van der Waals surface area (Å²) in [6.45, 7) is 2.59. The molecular weight excluding hydrogens is 258 g/mol. The summed E-state index contributed by atoms with van der Waals surface area (Å²) in [6.07, 6.45) is 0.885. The van der Waals surface area contributed by atoms with E-state index in [-0.39, 0.29) is 0 Å². The van der Waals surface area contributed by atoms with Gasteiger partial charge in [0.15, 0.2) is 0 Å². The van der Waals surface area contributed by atoms with Crippen molar-refractivity contribution >= 4 is 11.8 Å². The summed E-state index contributed by atoms with van der Waals surface area (Å²) < 4.78 is 5.51. The molecule has 1 saturated heterocycles. The molecule has 1 aromatic carbocycles. The van der Waals surface area contributed by atoms with Crippen LogP contribution in [-0.2, 0) is 11.3 Å². The number of aliphatic hydroxyl groups is 1. The minimum absolute atomic E-state index is 0.390. The molecule has 4 heteroatoms. The maximum atomic E-state index is 9.81. The van der Waals surface area contributed by atoms with Gasteiger partial charge in [-0.3, -0.25) is 0 Å². The zero-order chi connectivity index (χ0) is 13.3. The van der Waals surface area contributed by atoms with Crippen molar-refractivity contribution in [1.82, 2.24) is 5.32 Å². The van der Waals surface area contributed by atoms with E-state index in [1.807, 2.05) is 42.1 Å². The number of ether oxygens (including phenoxy) is 1. The van der Waals surface area contributed by atoms with Gasteiger partial charge in [-0.25, -0.2) is 0 Å². The Bertz CT molecular complexity index is 341. The minimum atomic E-state index is -0.419. The quantitative estimate of drug-likeness (QED) is 0.764. The van der Waals surface area contributed by atoms with Crippen molar-refractivity contribution in [2.75, 3.05) is 31.2 Å². The van der Waals surface area contributed by atoms with E-state index in [9.17, 15) is 5.11 Å². The molecule has 0 spiro atoms. The van der Waals surface area contributed by atoms with Crippen LogP contribution in [0.25, 0.3) is 0 Å². The highest BCUT2D eigenvalue weighted by atomic mass is 32.2. The second kappa shape index (κ2) is 8.59. The van der Waals surface area contributed by atoms with Crippen LogP contribution in [0, 0.1) is 5.92 Å². The second-order valence-corrected chi connectivity index (χ2v) is 6.19. The van der Waals surface area contributed by atoms with Gasteiger partial charge in [0.05, 0.1) is 19.3 Å². The fraction of sp³-hybridized carbons (Fsp3) is 0.600. The predicted octanol–water partition coefficient (Wildman–Crippen LogP) is 1.91. The van der Waals surface area contributed by atoms with Gasteiger partial charge in [0.25, 0.3) is 0 Å². The van der Waals surface area contributed by atoms with Crippen LogP contribution in [0.15, 0.2) is 30.3 Å². The summed E-state index contributed by atoms with van der Waals surface area (Å²) in [5, 5.41) is 13.1. The number of aliphatic hydroxyl groups excluding tert-OH is 1. The summed E-state index contributed by atoms with van der Waals surface area (Å²) in [6, 6.07) is 10.0. The molecular formula is C15H23NO2S. The molecule has 2 atom stereocenters. The first-order valence-corrected chi connectivity index (χ1v) is 8.08. The highest BCUT2D eigenvalue weighted by Crippen LogP contribution is 2.22. The molecule has 0 aromatic heterocycles. The average Bonchev–Trinajstić information content (AvgIpc) is 2.93. The third-order valence-corrected chi connectivity index (χ3v) is 4.49. The number of benzene rings is 1. The summed E-state index contributed by atoms with van der Waals surface area (Å²) in [5.41, 5.74) is 1.14. The molecule has 2 N–H and O–H groups in total. The predicted molar refractivity (Wildman–Crippen MR) is 80.4 cm³/mol. The first-order valence-electron chi connectivity index (χ1n) is 6.93. The van der Waals surface area contributed by atoms with Crippen molar-refractivity contribution < 1.29 is 9.84 Å². The van der Waals surface area contributed by atoms with Crippen LogP contribution in [0.4, 0.5) is 0 Å². The van der Waals surface area contributed by atoms with Gasteiger partial charge in [0.2, 0.25) is 0 Å². The van der Waals surface area contributed by atoms with Crippen molar-refractivity contribution in [3.8, 4) is 0 Å². The minimum Gasteiger partial charge on any atom is -0.389 e. The topological polar surface area (TPSA) is 41.5 Å². The van der Waals surface area contributed by atoms with Gasteiger partial charge in [-0.1, -0.05) is 30.3 Å². The van der Waals surface area contributed by atoms with Crippen molar-refractivity contribution in [3.05, 3.63) is 35.9 Å². The van der Waals surface area contributed by atoms with Crippen molar-refractivity contribution in [3.63, 3.8) is 0 Å². The van der Waals surface area contributed by atoms with Crippen molar-refractivity contribution in [2.45, 2.75) is 19.1 Å². The van der Waals surface area contributed by atoms with Crippen LogP contribution in [0.5, 0.6) is 0 Å². The van der Waals surface area contributed by atoms with Crippen LogP contribution in [0.1, 0.15) is 12.0 Å². The smallest absolute Gasteiger partial charge is 0.0897 e. The monoisotopic (exact) mass is 281 g/mol. The molecule has 1 fully saturated rings. The SMILES string of the molecule is OC(CNCC1CCSC1)COCc1ccccc1. The first-order chi connectivity index (χ1) is 9.34. The molecule has 1 aromatic rings. The van der Waals surface area contributed by atoms with Crippen molar-refractivity contribution in [1.29, 1.82) is 0 Å². The molecule has 0 bridgehead atoms. The van der Waals surface area contributed by atoms with Crippen LogP contribution < -0.4 is 5.32 Å². The van der Waals surface area contributed by atoms with E-state index in [2.05, 4.69) is 5.32 Å². The summed E-state index contributed by atoms with van der Waals surface area (Å²) in [7, 11) is 0. The Kier molecular flexibility index (Phi) is 6.71. The molecule has 1 heterocycles. The normalized spacial score (nSPS) is 20.6. The van der Waals surface area contributed by atoms with E-state index in [1.54, 1.807) is 0 Å². The Morgan fingerprint density at radius 3 is 2.95 bits per heavy atom. The molecule has 0 aliphatic carbocycles. The van der Waals surface area contributed by atoms with E-state index in [0.717, 1.165) is 18.0 Å². The highest BCUT2D eigenvalue weighted by molar-refractivity contribution is 7.99. The zero-order valence-electron chi connectivity index (χ0n) is 11.3. The van der Waals surface area contributed by atoms with Gasteiger partial charge in [-0.2, -0.15) is 11.8 Å². The van der Waals surface area contributed by atoms with Crippen LogP contribution >= 0.6 is 11.8 Å². The van der Waals surface area contributed by atoms with Gasteiger partial charge >= 0.3 is 0 Å². The standard InChI is InChI=1S/C15H23NO2S/c17-15(9-16-8-14-6-7-19-12-14)11-18-10-13-4-2-1-3-5-13/h1-5,14-17H,6-12H2. The van der Waals surface area contributed by atoms with Crippen LogP contribution in [0.2, 0.25) is 0 Å². The Morgan fingerprint density at radius 2 is 2.21 bits per heavy atom. The lowest BCUT2D eigenvalue weighted by Crippen LogP contribution is -2.33. The van der Waals surface area contributed by atoms with Crippen molar-refractivity contribution in [2.24, 2.45) is 5.92 Å². The number of hydrogen-bond acceptors (Lipinski definition) is 4. The Labute approximate surface area is 119 Å². The molecule has 2 rings (SSSR count). The molecule has 19 heavy (non-hydrogen) atoms. The van der Waals surface area contributed by atoms with Gasteiger partial charge in [-0.05, 0) is 36.0 Å². The number of rotatable bonds is 8. The van der Waals surface area contributed by atoms with E-state index >= 15 is 0 Å². The van der Waals surface area contributed by atoms with Crippen LogP contribution in [-0.4, -0.2) is 42.4 Å². The summed E-state index contributed by atoms with van der Waals surface area (Å²) >= 11 is 2.03. The van der Waals surface area contributed by atoms with Crippen LogP contribution in [0.3, 0.4) is 0 Å². The molecule has 106 valence electrons. The fourth-order valence-electron chi connectivity index (χ4n) is 2.14. The maximum Gasteiger partial charge on any atom is 0.0897 e. The fourth-order valence-corrected chi connectivity index (χ4v) is 3.43. The third-order valence-electron chi connectivity index (χ3n) is 3.26. The number of hydrogen-bond donors (Lipinski definition) is 2. The molecule has 0 amide bonds. The molecule has 1 aliphatic heterocycles. The molecule has 0 saturated carbocycles. The summed E-state index contributed by atoms with van der Waals surface area (Å²) in [4.78, 5) is 0. The van der Waals surface area contributed by atoms with E-state index in [1.165, 1.54) is 17.9 Å². The first kappa shape index (κ1) is 14.9. The lowest BCUT2D eigenvalue weighted by atomic mass is 10.1. The van der Waals surface area contributed by atoms with E-state index in [4.69, 9.17) is 4.74 Å². The zero-order valence-corrected chi connectivity index (χ0v) is 12.1. The molecule has 0 radical (unpaired) electrons. The largest absolute Gasteiger partial charge is 0.389 e. The van der Waals surface area contributed by atoms with E-state index < -0.39 is 6.10 Å². The van der Waals surface area contributed by atoms with Gasteiger partial charge in [-0.15, -0.1) is 0 Å². The average molecular weight is 281 g/mol. The second-order valence-electron chi connectivity index (χ2n) is 5.04. The Balaban J connectivity index is 1.51. The molecule has 3 nitrogen and oxygen atoms in total. The Morgan fingerprint density at radius 1 is 1.37 bits per heavy atom. The van der Waals surface area contributed by atoms with Gasteiger partial charge < -0.3 is 15.2 Å². The van der Waals surface area contributed by atoms with Gasteiger partial charge in [0, 0.05) is 6.54 Å². The molecule has 2 unspecified atom stereocenters. The van der Waals surface area contributed by atoms with E-state index in [0.29, 0.717) is 19.8 Å². The lowest BCUT2D eigenvalue weighted by molar-refractivity contribution is 0.0286. The number of nitrogens with one attached hydrogen (secondary N) is 1. The lowest BCUT2D eigenvalue weighted by Gasteiger charge is -2.14. The summed E-state index contributed by atoms with van der Waals surface area (Å²) in [5.74, 6) is 3.32. The third kappa shape index (κ3) is 5.95. The molecule has 1 aliphatic rings.